The van der Waals surface area contributed by atoms with E-state index in [9.17, 15) is 9.50 Å². The molecule has 0 amide bonds. The highest BCUT2D eigenvalue weighted by molar-refractivity contribution is 5.79. The zero-order valence-corrected chi connectivity index (χ0v) is 13.2. The summed E-state index contributed by atoms with van der Waals surface area (Å²) in [5.74, 6) is 0.971. The van der Waals surface area contributed by atoms with Gasteiger partial charge < -0.3 is 19.1 Å². The van der Waals surface area contributed by atoms with E-state index in [1.807, 2.05) is 0 Å². The lowest BCUT2D eigenvalue weighted by Gasteiger charge is -2.11. The maximum absolute atomic E-state index is 13.5. The fourth-order valence-electron chi connectivity index (χ4n) is 2.59. The van der Waals surface area contributed by atoms with E-state index in [2.05, 4.69) is 5.16 Å². The van der Waals surface area contributed by atoms with Crippen molar-refractivity contribution < 1.29 is 23.5 Å². The molecule has 0 unspecified atom stereocenters. The van der Waals surface area contributed by atoms with E-state index >= 15 is 0 Å². The summed E-state index contributed by atoms with van der Waals surface area (Å²) in [6, 6.07) is 11.2. The van der Waals surface area contributed by atoms with Gasteiger partial charge in [-0.25, -0.2) is 4.39 Å². The van der Waals surface area contributed by atoms with Crippen LogP contribution < -0.4 is 9.47 Å². The molecular weight excluding hydrogens is 313 g/mol. The number of halogens is 1. The van der Waals surface area contributed by atoms with Crippen LogP contribution in [0.3, 0.4) is 0 Å². The first kappa shape index (κ1) is 16.0. The average Bonchev–Trinajstić information content (AvgIpc) is 3.04. The van der Waals surface area contributed by atoms with Gasteiger partial charge in [0.2, 0.25) is 0 Å². The summed E-state index contributed by atoms with van der Waals surface area (Å²) < 4.78 is 29.7. The zero-order valence-electron chi connectivity index (χ0n) is 13.2. The van der Waals surface area contributed by atoms with Crippen molar-refractivity contribution in [1.82, 2.24) is 5.16 Å². The molecule has 0 aliphatic heterocycles. The predicted molar refractivity (Wildman–Crippen MR) is 86.4 cm³/mol. The van der Waals surface area contributed by atoms with Crippen LogP contribution in [0.5, 0.6) is 11.5 Å². The first-order chi connectivity index (χ1) is 11.7. The number of ether oxygens (including phenoxy) is 2. The number of aliphatic hydroxyl groups excluding tert-OH is 1. The van der Waals surface area contributed by atoms with Gasteiger partial charge in [0.1, 0.15) is 28.6 Å². The van der Waals surface area contributed by atoms with Crippen LogP contribution in [0.25, 0.3) is 22.6 Å². The molecule has 0 fully saturated rings. The fraction of sp³-hybridized carbons (Fsp3) is 0.167. The van der Waals surface area contributed by atoms with E-state index in [-0.39, 0.29) is 6.61 Å². The zero-order chi connectivity index (χ0) is 17.1. The molecule has 0 spiro atoms. The molecular formula is C18H16FNO4. The second-order valence-electron chi connectivity index (χ2n) is 5.04. The molecule has 0 radical (unpaired) electrons. The van der Waals surface area contributed by atoms with Gasteiger partial charge in [-0.1, -0.05) is 23.4 Å². The number of hydrogen-bond acceptors (Lipinski definition) is 5. The Kier molecular flexibility index (Phi) is 4.48. The number of methoxy groups -OCH3 is 2. The number of aliphatic hydroxyl groups is 1. The molecule has 124 valence electrons. The van der Waals surface area contributed by atoms with Crippen LogP contribution in [-0.4, -0.2) is 24.5 Å². The molecule has 0 saturated carbocycles. The van der Waals surface area contributed by atoms with E-state index < -0.39 is 5.82 Å². The monoisotopic (exact) mass is 329 g/mol. The van der Waals surface area contributed by atoms with Crippen LogP contribution in [0.2, 0.25) is 0 Å². The maximum Gasteiger partial charge on any atom is 0.180 e. The van der Waals surface area contributed by atoms with Gasteiger partial charge in [-0.15, -0.1) is 0 Å². The molecule has 0 bridgehead atoms. The van der Waals surface area contributed by atoms with E-state index in [4.69, 9.17) is 14.0 Å². The predicted octanol–water partition coefficient (Wildman–Crippen LogP) is 3.66. The Morgan fingerprint density at radius 3 is 2.33 bits per heavy atom. The largest absolute Gasteiger partial charge is 0.496 e. The van der Waals surface area contributed by atoms with E-state index in [1.54, 1.807) is 30.3 Å². The average molecular weight is 329 g/mol. The van der Waals surface area contributed by atoms with Crippen LogP contribution in [-0.2, 0) is 6.61 Å². The lowest BCUT2D eigenvalue weighted by atomic mass is 10.0. The van der Waals surface area contributed by atoms with Gasteiger partial charge in [0.25, 0.3) is 0 Å². The van der Waals surface area contributed by atoms with Gasteiger partial charge in [-0.05, 0) is 24.3 Å². The van der Waals surface area contributed by atoms with Gasteiger partial charge in [-0.3, -0.25) is 0 Å². The van der Waals surface area contributed by atoms with E-state index in [0.717, 1.165) is 0 Å². The van der Waals surface area contributed by atoms with Crippen LogP contribution in [0.15, 0.2) is 47.0 Å². The Bertz CT molecular complexity index is 838. The summed E-state index contributed by atoms with van der Waals surface area (Å²) in [7, 11) is 3.06. The van der Waals surface area contributed by atoms with E-state index in [1.165, 1.54) is 26.4 Å². The number of nitrogens with zero attached hydrogens (tertiary/aromatic N) is 1. The van der Waals surface area contributed by atoms with Crippen molar-refractivity contribution in [3.63, 3.8) is 0 Å². The Labute approximate surface area is 138 Å². The second-order valence-corrected chi connectivity index (χ2v) is 5.04. The van der Waals surface area contributed by atoms with Crippen LogP contribution >= 0.6 is 0 Å². The van der Waals surface area contributed by atoms with Crippen LogP contribution in [0.1, 0.15) is 5.56 Å². The number of rotatable bonds is 5. The summed E-state index contributed by atoms with van der Waals surface area (Å²) in [6.45, 7) is -0.327. The second kappa shape index (κ2) is 6.72. The van der Waals surface area contributed by atoms with Crippen molar-refractivity contribution in [1.29, 1.82) is 0 Å². The van der Waals surface area contributed by atoms with Gasteiger partial charge in [0.05, 0.1) is 26.4 Å². The third-order valence-corrected chi connectivity index (χ3v) is 3.70. The first-order valence-electron chi connectivity index (χ1n) is 7.26. The molecule has 3 rings (SSSR count). The number of benzene rings is 2. The van der Waals surface area contributed by atoms with Crippen LogP contribution in [0, 0.1) is 5.82 Å². The molecule has 1 aromatic heterocycles. The molecule has 0 aliphatic rings. The normalized spacial score (nSPS) is 10.7. The topological polar surface area (TPSA) is 64.7 Å². The molecule has 0 atom stereocenters. The molecule has 2 aromatic carbocycles. The Morgan fingerprint density at radius 1 is 1.08 bits per heavy atom. The van der Waals surface area contributed by atoms with Crippen molar-refractivity contribution in [2.24, 2.45) is 0 Å². The fourth-order valence-corrected chi connectivity index (χ4v) is 2.59. The molecule has 24 heavy (non-hydrogen) atoms. The van der Waals surface area contributed by atoms with Gasteiger partial charge >= 0.3 is 0 Å². The van der Waals surface area contributed by atoms with Gasteiger partial charge in [0, 0.05) is 5.56 Å². The minimum Gasteiger partial charge on any atom is -0.496 e. The summed E-state index contributed by atoms with van der Waals surface area (Å²) in [6.07, 6.45) is 0. The lowest BCUT2D eigenvalue weighted by molar-refractivity contribution is 0.281. The van der Waals surface area contributed by atoms with Crippen LogP contribution in [0.4, 0.5) is 4.39 Å². The first-order valence-corrected chi connectivity index (χ1v) is 7.26. The minimum absolute atomic E-state index is 0.325. The van der Waals surface area contributed by atoms with Gasteiger partial charge in [-0.2, -0.15) is 0 Å². The molecule has 3 aromatic rings. The van der Waals surface area contributed by atoms with Crippen molar-refractivity contribution in [3.8, 4) is 34.1 Å². The third-order valence-electron chi connectivity index (χ3n) is 3.70. The molecule has 1 N–H and O–H groups in total. The molecule has 6 heteroatoms. The Hall–Kier alpha value is -2.86. The van der Waals surface area contributed by atoms with Crippen molar-refractivity contribution in [3.05, 3.63) is 53.8 Å². The smallest absolute Gasteiger partial charge is 0.180 e. The van der Waals surface area contributed by atoms with Crippen molar-refractivity contribution >= 4 is 0 Å². The minimum atomic E-state index is -0.393. The quantitative estimate of drug-likeness (QED) is 0.774. The third kappa shape index (κ3) is 2.72. The molecule has 0 aliphatic carbocycles. The van der Waals surface area contributed by atoms with Crippen molar-refractivity contribution in [2.45, 2.75) is 6.61 Å². The maximum atomic E-state index is 13.5. The standard InChI is InChI=1S/C18H16FNO4/c1-22-14-7-4-8-15(23-2)16(14)18-13(10-21)17(20-24-18)11-5-3-6-12(19)9-11/h3-9,21H,10H2,1-2H3. The highest BCUT2D eigenvalue weighted by atomic mass is 19.1. The van der Waals surface area contributed by atoms with Gasteiger partial charge in [0.15, 0.2) is 5.76 Å². The number of hydrogen-bond donors (Lipinski definition) is 1. The number of aromatic nitrogens is 1. The highest BCUT2D eigenvalue weighted by Gasteiger charge is 2.24. The Morgan fingerprint density at radius 2 is 1.75 bits per heavy atom. The van der Waals surface area contributed by atoms with Crippen molar-refractivity contribution in [2.75, 3.05) is 14.2 Å². The lowest BCUT2D eigenvalue weighted by Crippen LogP contribution is -1.95. The summed E-state index contributed by atoms with van der Waals surface area (Å²) in [5.41, 5.74) is 1.87. The molecule has 5 nitrogen and oxygen atoms in total. The highest BCUT2D eigenvalue weighted by Crippen LogP contribution is 2.42. The summed E-state index contributed by atoms with van der Waals surface area (Å²) in [5, 5.41) is 13.8. The molecule has 1 heterocycles. The molecule has 0 saturated heterocycles. The SMILES string of the molecule is COc1cccc(OC)c1-c1onc(-c2cccc(F)c2)c1CO. The van der Waals surface area contributed by atoms with E-state index in [0.29, 0.717) is 39.6 Å². The summed E-state index contributed by atoms with van der Waals surface area (Å²) in [4.78, 5) is 0. The Balaban J connectivity index is 2.21. The summed E-state index contributed by atoms with van der Waals surface area (Å²) >= 11 is 0.